The highest BCUT2D eigenvalue weighted by Crippen LogP contribution is 2.36. The van der Waals surface area contributed by atoms with Gasteiger partial charge in [0.15, 0.2) is 11.5 Å². The average Bonchev–Trinajstić information content (AvgIpc) is 3.05. The van der Waals surface area contributed by atoms with Crippen LogP contribution >= 0.6 is 11.3 Å². The summed E-state index contributed by atoms with van der Waals surface area (Å²) >= 11 is 1.58. The quantitative estimate of drug-likeness (QED) is 0.812. The molecule has 0 fully saturated rings. The van der Waals surface area contributed by atoms with Crippen LogP contribution in [0.4, 0.5) is 5.69 Å². The van der Waals surface area contributed by atoms with Gasteiger partial charge in [0.25, 0.3) is 0 Å². The first-order valence-electron chi connectivity index (χ1n) is 6.85. The first-order chi connectivity index (χ1) is 11.0. The number of carbonyl (C=O) groups excluding carboxylic acids is 1. The molecule has 0 radical (unpaired) electrons. The maximum absolute atomic E-state index is 12.1. The lowest BCUT2D eigenvalue weighted by atomic mass is 10.1. The second-order valence-electron chi connectivity index (χ2n) is 4.74. The number of hydrogen-bond acceptors (Lipinski definition) is 5. The van der Waals surface area contributed by atoms with Crippen molar-refractivity contribution in [1.82, 2.24) is 0 Å². The number of benzene rings is 1. The van der Waals surface area contributed by atoms with Crippen molar-refractivity contribution in [2.45, 2.75) is 12.8 Å². The van der Waals surface area contributed by atoms with Crippen molar-refractivity contribution in [3.05, 3.63) is 40.1 Å². The van der Waals surface area contributed by atoms with Crippen LogP contribution in [0.5, 0.6) is 11.5 Å². The highest BCUT2D eigenvalue weighted by atomic mass is 32.1. The van der Waals surface area contributed by atoms with Crippen LogP contribution < -0.4 is 14.8 Å². The predicted molar refractivity (Wildman–Crippen MR) is 87.8 cm³/mol. The third kappa shape index (κ3) is 4.23. The van der Waals surface area contributed by atoms with E-state index in [0.29, 0.717) is 18.6 Å². The SMILES string of the molecule is COc1cc(C(=O)O)cc(NC(=O)CCc2ccsc2)c1OC. The number of carboxylic acid groups (broad SMARTS) is 1. The van der Waals surface area contributed by atoms with Crippen molar-refractivity contribution < 1.29 is 24.2 Å². The summed E-state index contributed by atoms with van der Waals surface area (Å²) in [7, 11) is 2.84. The molecule has 6 nitrogen and oxygen atoms in total. The van der Waals surface area contributed by atoms with Crippen LogP contribution in [0.15, 0.2) is 29.0 Å². The molecule has 1 aromatic heterocycles. The van der Waals surface area contributed by atoms with Gasteiger partial charge in [0, 0.05) is 6.42 Å². The lowest BCUT2D eigenvalue weighted by Gasteiger charge is -2.14. The summed E-state index contributed by atoms with van der Waals surface area (Å²) in [6.07, 6.45) is 0.910. The second kappa shape index (κ2) is 7.64. The summed E-state index contributed by atoms with van der Waals surface area (Å²) < 4.78 is 10.4. The van der Waals surface area contributed by atoms with Crippen LogP contribution in [0.1, 0.15) is 22.3 Å². The summed E-state index contributed by atoms with van der Waals surface area (Å²) in [6, 6.07) is 4.67. The maximum atomic E-state index is 12.1. The van der Waals surface area contributed by atoms with Gasteiger partial charge < -0.3 is 19.9 Å². The van der Waals surface area contributed by atoms with E-state index in [1.165, 1.54) is 26.4 Å². The Hall–Kier alpha value is -2.54. The van der Waals surface area contributed by atoms with E-state index in [0.717, 1.165) is 5.56 Å². The molecule has 0 aliphatic heterocycles. The summed E-state index contributed by atoms with van der Waals surface area (Å²) in [6.45, 7) is 0. The zero-order chi connectivity index (χ0) is 16.8. The Morgan fingerprint density at radius 2 is 2.04 bits per heavy atom. The van der Waals surface area contributed by atoms with Crippen LogP contribution in [-0.2, 0) is 11.2 Å². The fourth-order valence-corrected chi connectivity index (χ4v) is 2.79. The average molecular weight is 335 g/mol. The van der Waals surface area contributed by atoms with Crippen molar-refractivity contribution in [3.8, 4) is 11.5 Å². The maximum Gasteiger partial charge on any atom is 0.335 e. The molecule has 1 heterocycles. The molecule has 0 saturated heterocycles. The monoisotopic (exact) mass is 335 g/mol. The molecule has 2 aromatic rings. The number of carboxylic acids is 1. The number of methoxy groups -OCH3 is 2. The third-order valence-electron chi connectivity index (χ3n) is 3.22. The summed E-state index contributed by atoms with van der Waals surface area (Å²) in [5, 5.41) is 15.8. The Bertz CT molecular complexity index is 697. The lowest BCUT2D eigenvalue weighted by Crippen LogP contribution is -2.14. The van der Waals surface area contributed by atoms with Gasteiger partial charge in [-0.1, -0.05) is 0 Å². The molecule has 122 valence electrons. The van der Waals surface area contributed by atoms with Gasteiger partial charge in [0.1, 0.15) is 0 Å². The number of aromatic carboxylic acids is 1. The van der Waals surface area contributed by atoms with Crippen molar-refractivity contribution in [2.75, 3.05) is 19.5 Å². The van der Waals surface area contributed by atoms with Crippen molar-refractivity contribution in [1.29, 1.82) is 0 Å². The van der Waals surface area contributed by atoms with Crippen LogP contribution in [0.3, 0.4) is 0 Å². The first-order valence-corrected chi connectivity index (χ1v) is 7.79. The Morgan fingerprint density at radius 3 is 2.61 bits per heavy atom. The Kier molecular flexibility index (Phi) is 5.59. The van der Waals surface area contributed by atoms with Gasteiger partial charge in [-0.05, 0) is 40.9 Å². The molecule has 0 aliphatic carbocycles. The summed E-state index contributed by atoms with van der Waals surface area (Å²) in [5.41, 5.74) is 1.38. The van der Waals surface area contributed by atoms with Gasteiger partial charge in [-0.25, -0.2) is 4.79 Å². The van der Waals surface area contributed by atoms with Crippen molar-refractivity contribution in [2.24, 2.45) is 0 Å². The van der Waals surface area contributed by atoms with E-state index in [1.54, 1.807) is 11.3 Å². The molecule has 0 bridgehead atoms. The zero-order valence-electron chi connectivity index (χ0n) is 12.8. The molecule has 2 rings (SSSR count). The molecule has 0 unspecified atom stereocenters. The molecule has 1 aromatic carbocycles. The lowest BCUT2D eigenvalue weighted by molar-refractivity contribution is -0.116. The fraction of sp³-hybridized carbons (Fsp3) is 0.250. The number of rotatable bonds is 7. The Morgan fingerprint density at radius 1 is 1.26 bits per heavy atom. The minimum atomic E-state index is -1.11. The van der Waals surface area contributed by atoms with Gasteiger partial charge in [0.2, 0.25) is 5.91 Å². The van der Waals surface area contributed by atoms with Gasteiger partial charge >= 0.3 is 5.97 Å². The van der Waals surface area contributed by atoms with Gasteiger partial charge in [-0.3, -0.25) is 4.79 Å². The number of nitrogens with one attached hydrogen (secondary N) is 1. The molecular formula is C16H17NO5S. The topological polar surface area (TPSA) is 84.9 Å². The van der Waals surface area contributed by atoms with E-state index in [4.69, 9.17) is 14.6 Å². The van der Waals surface area contributed by atoms with Crippen LogP contribution in [0.25, 0.3) is 0 Å². The zero-order valence-corrected chi connectivity index (χ0v) is 13.6. The van der Waals surface area contributed by atoms with Crippen molar-refractivity contribution >= 4 is 28.9 Å². The number of carbonyl (C=O) groups is 2. The van der Waals surface area contributed by atoms with E-state index in [-0.39, 0.29) is 22.9 Å². The molecule has 2 N–H and O–H groups in total. The largest absolute Gasteiger partial charge is 0.493 e. The highest BCUT2D eigenvalue weighted by Gasteiger charge is 2.17. The smallest absolute Gasteiger partial charge is 0.335 e. The normalized spacial score (nSPS) is 10.2. The number of amides is 1. The predicted octanol–water partition coefficient (Wildman–Crippen LogP) is 3.03. The number of anilines is 1. The minimum absolute atomic E-state index is 0.00999. The van der Waals surface area contributed by atoms with E-state index in [9.17, 15) is 9.59 Å². The van der Waals surface area contributed by atoms with Crippen LogP contribution in [0.2, 0.25) is 0 Å². The van der Waals surface area contributed by atoms with Crippen LogP contribution in [0, 0.1) is 0 Å². The van der Waals surface area contributed by atoms with E-state index >= 15 is 0 Å². The number of hydrogen-bond donors (Lipinski definition) is 2. The molecular weight excluding hydrogens is 318 g/mol. The summed E-state index contributed by atoms with van der Waals surface area (Å²) in [4.78, 5) is 23.3. The molecule has 0 aliphatic rings. The van der Waals surface area contributed by atoms with Gasteiger partial charge in [-0.2, -0.15) is 11.3 Å². The number of ether oxygens (including phenoxy) is 2. The number of aryl methyl sites for hydroxylation is 1. The summed E-state index contributed by atoms with van der Waals surface area (Å²) in [5.74, 6) is -0.791. The Labute approximate surface area is 137 Å². The molecule has 0 spiro atoms. The van der Waals surface area contributed by atoms with E-state index < -0.39 is 5.97 Å². The highest BCUT2D eigenvalue weighted by molar-refractivity contribution is 7.07. The molecule has 1 amide bonds. The van der Waals surface area contributed by atoms with E-state index in [2.05, 4.69) is 5.32 Å². The molecule has 23 heavy (non-hydrogen) atoms. The number of thiophene rings is 1. The standard InChI is InChI=1S/C16H17NO5S/c1-21-13-8-11(16(19)20)7-12(15(13)22-2)17-14(18)4-3-10-5-6-23-9-10/h5-9H,3-4H2,1-2H3,(H,17,18)(H,19,20). The van der Waals surface area contributed by atoms with Gasteiger partial charge in [-0.15, -0.1) is 0 Å². The third-order valence-corrected chi connectivity index (χ3v) is 3.95. The van der Waals surface area contributed by atoms with Gasteiger partial charge in [0.05, 0.1) is 25.5 Å². The second-order valence-corrected chi connectivity index (χ2v) is 5.52. The first kappa shape index (κ1) is 16.8. The molecule has 0 saturated carbocycles. The van der Waals surface area contributed by atoms with Crippen molar-refractivity contribution in [3.63, 3.8) is 0 Å². The fourth-order valence-electron chi connectivity index (χ4n) is 2.09. The Balaban J connectivity index is 2.17. The minimum Gasteiger partial charge on any atom is -0.493 e. The van der Waals surface area contributed by atoms with Crippen LogP contribution in [-0.4, -0.2) is 31.2 Å². The molecule has 0 atom stereocenters. The molecule has 7 heteroatoms. The van der Waals surface area contributed by atoms with E-state index in [1.807, 2.05) is 16.8 Å².